The summed E-state index contributed by atoms with van der Waals surface area (Å²) in [6.07, 6.45) is 1.97. The Labute approximate surface area is 92.3 Å². The van der Waals surface area contributed by atoms with Crippen LogP contribution in [0.25, 0.3) is 0 Å². The molecule has 0 aliphatic carbocycles. The fourth-order valence-electron chi connectivity index (χ4n) is 1.68. The van der Waals surface area contributed by atoms with Gasteiger partial charge in [-0.05, 0) is 23.6 Å². The summed E-state index contributed by atoms with van der Waals surface area (Å²) in [5, 5.41) is 5.55. The monoisotopic (exact) mass is 214 g/mol. The molecule has 74 valence electrons. The first-order chi connectivity index (χ1) is 7.43. The number of thiophene rings is 1. The van der Waals surface area contributed by atoms with Crippen LogP contribution < -0.4 is 5.32 Å². The molecule has 0 saturated carbocycles. The zero-order valence-corrected chi connectivity index (χ0v) is 8.87. The third kappa shape index (κ3) is 1.55. The molecule has 1 atom stereocenters. The van der Waals surface area contributed by atoms with Crippen molar-refractivity contribution in [2.75, 3.05) is 5.32 Å². The summed E-state index contributed by atoms with van der Waals surface area (Å²) in [7, 11) is 0. The van der Waals surface area contributed by atoms with Crippen LogP contribution in [0.15, 0.2) is 46.8 Å². The normalized spacial score (nSPS) is 18.3. The Hall–Kier alpha value is -1.61. The van der Waals surface area contributed by atoms with E-state index in [4.69, 9.17) is 0 Å². The van der Waals surface area contributed by atoms with E-state index in [1.54, 1.807) is 11.3 Å². The maximum absolute atomic E-state index is 4.45. The maximum Gasteiger partial charge on any atom is 0.0964 e. The second-order valence-corrected chi connectivity index (χ2v) is 4.41. The second kappa shape index (κ2) is 3.51. The van der Waals surface area contributed by atoms with Crippen LogP contribution in [0.4, 0.5) is 11.4 Å². The lowest BCUT2D eigenvalue weighted by molar-refractivity contribution is 1.07. The Morgan fingerprint density at radius 1 is 1.13 bits per heavy atom. The molecule has 0 spiro atoms. The average molecular weight is 214 g/mol. The van der Waals surface area contributed by atoms with Crippen molar-refractivity contribution in [2.24, 2.45) is 4.99 Å². The number of rotatable bonds is 1. The standard InChI is InChI=1S/C12H10N2S/c1-2-5-10-9(4-1)13-8-11(14-10)12-6-3-7-15-12/h1-8,11,14H. The topological polar surface area (TPSA) is 24.4 Å². The third-order valence-electron chi connectivity index (χ3n) is 2.43. The van der Waals surface area contributed by atoms with Gasteiger partial charge in [0.1, 0.15) is 0 Å². The zero-order chi connectivity index (χ0) is 10.1. The van der Waals surface area contributed by atoms with Gasteiger partial charge in [-0.15, -0.1) is 11.3 Å². The molecule has 1 aromatic heterocycles. The van der Waals surface area contributed by atoms with E-state index in [2.05, 4.69) is 33.9 Å². The molecule has 1 aliphatic rings. The largest absolute Gasteiger partial charge is 0.371 e. The fourth-order valence-corrected chi connectivity index (χ4v) is 2.42. The van der Waals surface area contributed by atoms with Gasteiger partial charge in [-0.1, -0.05) is 18.2 Å². The maximum atomic E-state index is 4.45. The van der Waals surface area contributed by atoms with E-state index in [1.807, 2.05) is 24.4 Å². The van der Waals surface area contributed by atoms with Crippen molar-refractivity contribution in [1.82, 2.24) is 0 Å². The molecule has 3 heteroatoms. The summed E-state index contributed by atoms with van der Waals surface area (Å²) >= 11 is 1.75. The number of aliphatic imine (C=N–C) groups is 1. The number of anilines is 1. The van der Waals surface area contributed by atoms with Crippen LogP contribution in [0.1, 0.15) is 10.9 Å². The third-order valence-corrected chi connectivity index (χ3v) is 3.38. The van der Waals surface area contributed by atoms with E-state index >= 15 is 0 Å². The van der Waals surface area contributed by atoms with Gasteiger partial charge in [-0.3, -0.25) is 4.99 Å². The summed E-state index contributed by atoms with van der Waals surface area (Å²) in [5.41, 5.74) is 2.13. The van der Waals surface area contributed by atoms with Crippen LogP contribution >= 0.6 is 11.3 Å². The minimum atomic E-state index is 0.222. The molecule has 2 heterocycles. The Kier molecular flexibility index (Phi) is 2.03. The van der Waals surface area contributed by atoms with Crippen LogP contribution in [0.2, 0.25) is 0 Å². The van der Waals surface area contributed by atoms with Gasteiger partial charge in [-0.25, -0.2) is 0 Å². The highest BCUT2D eigenvalue weighted by atomic mass is 32.1. The highest BCUT2D eigenvalue weighted by Gasteiger charge is 2.15. The Balaban J connectivity index is 1.96. The van der Waals surface area contributed by atoms with E-state index < -0.39 is 0 Å². The summed E-state index contributed by atoms with van der Waals surface area (Å²) in [5.74, 6) is 0. The van der Waals surface area contributed by atoms with Crippen molar-refractivity contribution in [2.45, 2.75) is 6.04 Å². The number of fused-ring (bicyclic) bond motifs is 1. The van der Waals surface area contributed by atoms with Crippen molar-refractivity contribution in [3.8, 4) is 0 Å². The lowest BCUT2D eigenvalue weighted by atomic mass is 10.2. The molecule has 2 aromatic rings. The van der Waals surface area contributed by atoms with Crippen molar-refractivity contribution >= 4 is 28.9 Å². The number of nitrogens with zero attached hydrogens (tertiary/aromatic N) is 1. The van der Waals surface area contributed by atoms with Crippen LogP contribution in [-0.4, -0.2) is 6.21 Å². The van der Waals surface area contributed by atoms with Crippen LogP contribution in [0.5, 0.6) is 0 Å². The van der Waals surface area contributed by atoms with E-state index in [0.29, 0.717) is 0 Å². The highest BCUT2D eigenvalue weighted by Crippen LogP contribution is 2.32. The lowest BCUT2D eigenvalue weighted by Gasteiger charge is -2.20. The predicted octanol–water partition coefficient (Wildman–Crippen LogP) is 3.62. The average Bonchev–Trinajstić information content (AvgIpc) is 2.82. The van der Waals surface area contributed by atoms with Gasteiger partial charge in [0.15, 0.2) is 0 Å². The van der Waals surface area contributed by atoms with Gasteiger partial charge in [0.25, 0.3) is 0 Å². The zero-order valence-electron chi connectivity index (χ0n) is 8.05. The van der Waals surface area contributed by atoms with E-state index in [1.165, 1.54) is 4.88 Å². The Morgan fingerprint density at radius 3 is 2.93 bits per heavy atom. The van der Waals surface area contributed by atoms with Gasteiger partial charge < -0.3 is 5.32 Å². The Bertz CT molecular complexity index is 488. The first-order valence-corrected chi connectivity index (χ1v) is 5.74. The number of nitrogens with one attached hydrogen (secondary N) is 1. The summed E-state index contributed by atoms with van der Waals surface area (Å²) in [6, 6.07) is 12.5. The van der Waals surface area contributed by atoms with E-state index in [-0.39, 0.29) is 6.04 Å². The van der Waals surface area contributed by atoms with Gasteiger partial charge in [0, 0.05) is 11.1 Å². The number of benzene rings is 1. The van der Waals surface area contributed by atoms with Crippen molar-refractivity contribution in [3.63, 3.8) is 0 Å². The molecule has 0 bridgehead atoms. The van der Waals surface area contributed by atoms with E-state index in [9.17, 15) is 0 Å². The number of hydrogen-bond acceptors (Lipinski definition) is 3. The molecule has 0 saturated heterocycles. The van der Waals surface area contributed by atoms with Crippen molar-refractivity contribution in [3.05, 3.63) is 46.7 Å². The van der Waals surface area contributed by atoms with Gasteiger partial charge in [0.05, 0.1) is 17.4 Å². The SMILES string of the molecule is C1=Nc2ccccc2NC1c1cccs1. The molecule has 0 fully saturated rings. The lowest BCUT2D eigenvalue weighted by Crippen LogP contribution is -2.13. The fraction of sp³-hybridized carbons (Fsp3) is 0.0833. The van der Waals surface area contributed by atoms with Crippen LogP contribution in [0.3, 0.4) is 0 Å². The van der Waals surface area contributed by atoms with Crippen molar-refractivity contribution < 1.29 is 0 Å². The van der Waals surface area contributed by atoms with Gasteiger partial charge in [0.2, 0.25) is 0 Å². The first kappa shape index (κ1) is 8.68. The molecular formula is C12H10N2S. The number of hydrogen-bond donors (Lipinski definition) is 1. The quantitative estimate of drug-likeness (QED) is 0.770. The summed E-state index contributed by atoms with van der Waals surface area (Å²) in [6.45, 7) is 0. The molecule has 0 amide bonds. The molecule has 1 unspecified atom stereocenters. The summed E-state index contributed by atoms with van der Waals surface area (Å²) in [4.78, 5) is 5.75. The molecule has 1 aliphatic heterocycles. The molecular weight excluding hydrogens is 204 g/mol. The summed E-state index contributed by atoms with van der Waals surface area (Å²) < 4.78 is 0. The van der Waals surface area contributed by atoms with E-state index in [0.717, 1.165) is 11.4 Å². The van der Waals surface area contributed by atoms with Crippen LogP contribution in [0, 0.1) is 0 Å². The minimum Gasteiger partial charge on any atom is -0.371 e. The first-order valence-electron chi connectivity index (χ1n) is 4.87. The van der Waals surface area contributed by atoms with Gasteiger partial charge in [-0.2, -0.15) is 0 Å². The van der Waals surface area contributed by atoms with Crippen molar-refractivity contribution in [1.29, 1.82) is 0 Å². The smallest absolute Gasteiger partial charge is 0.0964 e. The Morgan fingerprint density at radius 2 is 2.07 bits per heavy atom. The molecule has 0 radical (unpaired) electrons. The number of para-hydroxylation sites is 2. The second-order valence-electron chi connectivity index (χ2n) is 3.43. The molecule has 15 heavy (non-hydrogen) atoms. The van der Waals surface area contributed by atoms with Crippen LogP contribution in [-0.2, 0) is 0 Å². The molecule has 1 N–H and O–H groups in total. The minimum absolute atomic E-state index is 0.222. The predicted molar refractivity (Wildman–Crippen MR) is 65.3 cm³/mol. The molecule has 3 rings (SSSR count). The molecule has 1 aromatic carbocycles. The van der Waals surface area contributed by atoms with Gasteiger partial charge >= 0.3 is 0 Å². The highest BCUT2D eigenvalue weighted by molar-refractivity contribution is 7.10. The molecule has 2 nitrogen and oxygen atoms in total.